The molecule has 18 heavy (non-hydrogen) atoms. The fourth-order valence-electron chi connectivity index (χ4n) is 3.09. The van der Waals surface area contributed by atoms with Gasteiger partial charge in [0.2, 0.25) is 0 Å². The van der Waals surface area contributed by atoms with Gasteiger partial charge in [-0.15, -0.1) is 6.58 Å². The van der Waals surface area contributed by atoms with E-state index in [9.17, 15) is 0 Å². The van der Waals surface area contributed by atoms with Crippen LogP contribution in [-0.4, -0.2) is 51.3 Å². The zero-order valence-corrected chi connectivity index (χ0v) is 12.2. The number of nitrogens with zero attached hydrogens (tertiary/aromatic N) is 1. The van der Waals surface area contributed by atoms with E-state index in [1.165, 1.54) is 45.3 Å². The lowest BCUT2D eigenvalue weighted by Gasteiger charge is -2.41. The van der Waals surface area contributed by atoms with Gasteiger partial charge in [-0.2, -0.15) is 0 Å². The maximum absolute atomic E-state index is 5.21. The number of methoxy groups -OCH3 is 1. The Morgan fingerprint density at radius 3 is 2.67 bits per heavy atom. The van der Waals surface area contributed by atoms with Crippen LogP contribution in [0.4, 0.5) is 0 Å². The molecule has 1 aliphatic heterocycles. The van der Waals surface area contributed by atoms with E-state index in [0.717, 1.165) is 19.7 Å². The predicted molar refractivity (Wildman–Crippen MR) is 78.0 cm³/mol. The molecule has 0 amide bonds. The van der Waals surface area contributed by atoms with Crippen molar-refractivity contribution in [2.45, 2.75) is 32.6 Å². The third-order valence-electron chi connectivity index (χ3n) is 4.00. The first-order chi connectivity index (χ1) is 8.76. The van der Waals surface area contributed by atoms with Crippen LogP contribution < -0.4 is 5.32 Å². The van der Waals surface area contributed by atoms with E-state index in [4.69, 9.17) is 4.74 Å². The highest BCUT2D eigenvalue weighted by atomic mass is 16.5. The van der Waals surface area contributed by atoms with E-state index in [1.54, 1.807) is 7.11 Å². The van der Waals surface area contributed by atoms with Crippen molar-refractivity contribution < 1.29 is 4.74 Å². The summed E-state index contributed by atoms with van der Waals surface area (Å²) in [6.45, 7) is 12.5. The van der Waals surface area contributed by atoms with Gasteiger partial charge in [0.1, 0.15) is 0 Å². The van der Waals surface area contributed by atoms with Crippen molar-refractivity contribution in [3.63, 3.8) is 0 Å². The van der Waals surface area contributed by atoms with E-state index < -0.39 is 0 Å². The zero-order valence-electron chi connectivity index (χ0n) is 12.2. The molecule has 106 valence electrons. The molecule has 1 heterocycles. The predicted octanol–water partition coefficient (Wildman–Crippen LogP) is 2.29. The molecule has 0 aromatic heterocycles. The van der Waals surface area contributed by atoms with Gasteiger partial charge in [0, 0.05) is 26.7 Å². The van der Waals surface area contributed by atoms with Gasteiger partial charge >= 0.3 is 0 Å². The normalized spacial score (nSPS) is 19.1. The van der Waals surface area contributed by atoms with Crippen LogP contribution in [0.25, 0.3) is 0 Å². The number of piperidine rings is 1. The summed E-state index contributed by atoms with van der Waals surface area (Å²) in [5.74, 6) is 0. The molecular formula is C15H30N2O. The van der Waals surface area contributed by atoms with Crippen LogP contribution in [0.1, 0.15) is 32.6 Å². The summed E-state index contributed by atoms with van der Waals surface area (Å²) in [6.07, 6.45) is 7.25. The van der Waals surface area contributed by atoms with Crippen molar-refractivity contribution in [1.82, 2.24) is 10.2 Å². The fraction of sp³-hybridized carbons (Fsp3) is 0.867. The number of hydrogen-bond donors (Lipinski definition) is 1. The molecule has 1 rings (SSSR count). The van der Waals surface area contributed by atoms with Crippen LogP contribution in [0.5, 0.6) is 0 Å². The molecule has 3 heteroatoms. The second-order valence-electron chi connectivity index (χ2n) is 5.52. The number of rotatable bonds is 9. The first kappa shape index (κ1) is 15.7. The third-order valence-corrected chi connectivity index (χ3v) is 4.00. The lowest BCUT2D eigenvalue weighted by atomic mass is 9.75. The highest BCUT2D eigenvalue weighted by molar-refractivity contribution is 4.88. The van der Waals surface area contributed by atoms with E-state index in [1.807, 2.05) is 6.08 Å². The smallest absolute Gasteiger partial charge is 0.0589 e. The first-order valence-corrected chi connectivity index (χ1v) is 7.29. The molecule has 0 radical (unpaired) electrons. The molecule has 0 atom stereocenters. The molecular weight excluding hydrogens is 224 g/mol. The monoisotopic (exact) mass is 254 g/mol. The Morgan fingerprint density at radius 1 is 1.39 bits per heavy atom. The van der Waals surface area contributed by atoms with E-state index in [-0.39, 0.29) is 0 Å². The Kier molecular flexibility index (Phi) is 7.56. The van der Waals surface area contributed by atoms with Gasteiger partial charge < -0.3 is 10.1 Å². The van der Waals surface area contributed by atoms with Crippen molar-refractivity contribution in [1.29, 1.82) is 0 Å². The topological polar surface area (TPSA) is 24.5 Å². The number of nitrogens with one attached hydrogen (secondary N) is 1. The molecule has 0 aromatic rings. The van der Waals surface area contributed by atoms with Crippen LogP contribution in [0.2, 0.25) is 0 Å². The first-order valence-electron chi connectivity index (χ1n) is 7.29. The van der Waals surface area contributed by atoms with Gasteiger partial charge in [-0.25, -0.2) is 0 Å². The lowest BCUT2D eigenvalue weighted by Crippen LogP contribution is -2.45. The summed E-state index contributed by atoms with van der Waals surface area (Å²) in [7, 11) is 1.78. The van der Waals surface area contributed by atoms with Gasteiger partial charge in [0.05, 0.1) is 6.61 Å². The fourth-order valence-corrected chi connectivity index (χ4v) is 3.09. The minimum atomic E-state index is 0.511. The SMILES string of the molecule is C=CCN(CCOC)CC1(CCC)CCNCC1. The van der Waals surface area contributed by atoms with Crippen molar-refractivity contribution in [2.24, 2.45) is 5.41 Å². The summed E-state index contributed by atoms with van der Waals surface area (Å²) in [5.41, 5.74) is 0.511. The van der Waals surface area contributed by atoms with Crippen molar-refractivity contribution >= 4 is 0 Å². The maximum atomic E-state index is 5.21. The molecule has 0 bridgehead atoms. The number of hydrogen-bond acceptors (Lipinski definition) is 3. The van der Waals surface area contributed by atoms with E-state index >= 15 is 0 Å². The van der Waals surface area contributed by atoms with E-state index in [0.29, 0.717) is 5.41 Å². The second kappa shape index (κ2) is 8.68. The Bertz CT molecular complexity index is 219. The minimum absolute atomic E-state index is 0.511. The van der Waals surface area contributed by atoms with Crippen molar-refractivity contribution in [2.75, 3.05) is 46.4 Å². The summed E-state index contributed by atoms with van der Waals surface area (Å²) in [6, 6.07) is 0. The zero-order chi connectivity index (χ0) is 13.3. The molecule has 0 unspecified atom stereocenters. The quantitative estimate of drug-likeness (QED) is 0.639. The van der Waals surface area contributed by atoms with Crippen LogP contribution in [0.3, 0.4) is 0 Å². The highest BCUT2D eigenvalue weighted by Crippen LogP contribution is 2.34. The van der Waals surface area contributed by atoms with Crippen LogP contribution in [0, 0.1) is 5.41 Å². The standard InChI is InChI=1S/C15H30N2O/c1-4-6-15(7-9-16-10-8-15)14-17(11-5-2)12-13-18-3/h5,16H,2,4,6-14H2,1,3H3. The summed E-state index contributed by atoms with van der Waals surface area (Å²) >= 11 is 0. The summed E-state index contributed by atoms with van der Waals surface area (Å²) in [4.78, 5) is 2.50. The largest absolute Gasteiger partial charge is 0.383 e. The molecule has 1 aliphatic rings. The average Bonchev–Trinajstić information content (AvgIpc) is 2.37. The second-order valence-corrected chi connectivity index (χ2v) is 5.52. The number of ether oxygens (including phenoxy) is 1. The van der Waals surface area contributed by atoms with Gasteiger partial charge in [-0.05, 0) is 37.8 Å². The Balaban J connectivity index is 2.56. The highest BCUT2D eigenvalue weighted by Gasteiger charge is 2.32. The maximum Gasteiger partial charge on any atom is 0.0589 e. The Morgan fingerprint density at radius 2 is 2.11 bits per heavy atom. The van der Waals surface area contributed by atoms with Crippen LogP contribution in [0.15, 0.2) is 12.7 Å². The summed E-state index contributed by atoms with van der Waals surface area (Å²) in [5, 5.41) is 3.48. The molecule has 3 nitrogen and oxygen atoms in total. The van der Waals surface area contributed by atoms with Gasteiger partial charge in [0.15, 0.2) is 0 Å². The Hall–Kier alpha value is -0.380. The van der Waals surface area contributed by atoms with Gasteiger partial charge in [0.25, 0.3) is 0 Å². The molecule has 0 saturated carbocycles. The molecule has 0 aromatic carbocycles. The molecule has 0 spiro atoms. The molecule has 1 saturated heterocycles. The van der Waals surface area contributed by atoms with Gasteiger partial charge in [-0.1, -0.05) is 19.4 Å². The third kappa shape index (κ3) is 5.09. The van der Waals surface area contributed by atoms with Crippen LogP contribution >= 0.6 is 0 Å². The lowest BCUT2D eigenvalue weighted by molar-refractivity contribution is 0.0845. The van der Waals surface area contributed by atoms with Crippen molar-refractivity contribution in [3.8, 4) is 0 Å². The molecule has 1 fully saturated rings. The summed E-state index contributed by atoms with van der Waals surface area (Å²) < 4.78 is 5.21. The van der Waals surface area contributed by atoms with Gasteiger partial charge in [-0.3, -0.25) is 4.90 Å². The van der Waals surface area contributed by atoms with Crippen molar-refractivity contribution in [3.05, 3.63) is 12.7 Å². The average molecular weight is 254 g/mol. The van der Waals surface area contributed by atoms with Crippen LogP contribution in [-0.2, 0) is 4.74 Å². The molecule has 0 aliphatic carbocycles. The molecule has 1 N–H and O–H groups in total. The Labute approximate surface area is 113 Å². The van der Waals surface area contributed by atoms with E-state index in [2.05, 4.69) is 23.7 Å². The minimum Gasteiger partial charge on any atom is -0.383 e.